The second-order valence-electron chi connectivity index (χ2n) is 4.98. The molecule has 0 radical (unpaired) electrons. The van der Waals surface area contributed by atoms with Gasteiger partial charge in [-0.05, 0) is 39.7 Å². The Labute approximate surface area is 94.0 Å². The summed E-state index contributed by atoms with van der Waals surface area (Å²) in [5.41, 5.74) is 6.17. The number of rotatable bonds is 6. The number of hydrogen-bond acceptors (Lipinski definition) is 3. The molecule has 90 valence electrons. The number of ether oxygens (including phenoxy) is 1. The molecule has 0 spiro atoms. The lowest BCUT2D eigenvalue weighted by atomic mass is 9.72. The molecule has 0 bridgehead atoms. The summed E-state index contributed by atoms with van der Waals surface area (Å²) < 4.78 is 5.37. The van der Waals surface area contributed by atoms with Crippen molar-refractivity contribution in [2.75, 3.05) is 20.2 Å². The third-order valence-corrected chi connectivity index (χ3v) is 3.63. The van der Waals surface area contributed by atoms with E-state index in [9.17, 15) is 0 Å². The normalized spacial score (nSPS) is 31.0. The van der Waals surface area contributed by atoms with Crippen molar-refractivity contribution in [3.63, 3.8) is 0 Å². The van der Waals surface area contributed by atoms with Crippen LogP contribution in [0.1, 0.15) is 40.0 Å². The quantitative estimate of drug-likeness (QED) is 0.730. The summed E-state index contributed by atoms with van der Waals surface area (Å²) in [6.45, 7) is 8.64. The van der Waals surface area contributed by atoms with Crippen LogP contribution in [0.2, 0.25) is 0 Å². The van der Waals surface area contributed by atoms with Crippen LogP contribution in [-0.4, -0.2) is 42.8 Å². The summed E-state index contributed by atoms with van der Waals surface area (Å²) in [4.78, 5) is 2.56. The largest absolute Gasteiger partial charge is 0.381 e. The van der Waals surface area contributed by atoms with Gasteiger partial charge in [-0.15, -0.1) is 0 Å². The smallest absolute Gasteiger partial charge is 0.0607 e. The van der Waals surface area contributed by atoms with Crippen LogP contribution in [0.3, 0.4) is 0 Å². The number of hydrogen-bond donors (Lipinski definition) is 1. The first-order chi connectivity index (χ1) is 7.09. The number of methoxy groups -OCH3 is 1. The van der Waals surface area contributed by atoms with Gasteiger partial charge in [0.25, 0.3) is 0 Å². The first-order valence-electron chi connectivity index (χ1n) is 6.09. The Morgan fingerprint density at radius 3 is 2.40 bits per heavy atom. The predicted octanol–water partition coefficient (Wildman–Crippen LogP) is 1.61. The van der Waals surface area contributed by atoms with Crippen LogP contribution in [0.4, 0.5) is 0 Å². The van der Waals surface area contributed by atoms with Crippen molar-refractivity contribution in [2.45, 2.75) is 57.7 Å². The molecule has 0 atom stereocenters. The van der Waals surface area contributed by atoms with Crippen LogP contribution in [0.15, 0.2) is 0 Å². The van der Waals surface area contributed by atoms with E-state index in [1.54, 1.807) is 7.11 Å². The van der Waals surface area contributed by atoms with Gasteiger partial charge in [-0.25, -0.2) is 0 Å². The molecular weight excluding hydrogens is 188 g/mol. The molecule has 3 nitrogen and oxygen atoms in total. The SMILES string of the molecule is CCCN(C(C)C)C1(CN)CC(OC)C1. The van der Waals surface area contributed by atoms with Crippen LogP contribution in [0.25, 0.3) is 0 Å². The zero-order chi connectivity index (χ0) is 11.5. The van der Waals surface area contributed by atoms with Crippen molar-refractivity contribution in [1.29, 1.82) is 0 Å². The highest BCUT2D eigenvalue weighted by Gasteiger charge is 2.48. The molecule has 0 saturated heterocycles. The molecule has 0 heterocycles. The maximum atomic E-state index is 5.96. The first-order valence-corrected chi connectivity index (χ1v) is 6.09. The van der Waals surface area contributed by atoms with Crippen LogP contribution >= 0.6 is 0 Å². The maximum absolute atomic E-state index is 5.96. The predicted molar refractivity (Wildman–Crippen MR) is 63.9 cm³/mol. The van der Waals surface area contributed by atoms with Gasteiger partial charge in [0.2, 0.25) is 0 Å². The lowest BCUT2D eigenvalue weighted by Gasteiger charge is -2.55. The molecule has 0 unspecified atom stereocenters. The fourth-order valence-corrected chi connectivity index (χ4v) is 2.76. The van der Waals surface area contributed by atoms with E-state index in [-0.39, 0.29) is 5.54 Å². The first kappa shape index (κ1) is 12.9. The van der Waals surface area contributed by atoms with Crippen LogP contribution < -0.4 is 5.73 Å². The van der Waals surface area contributed by atoms with Crippen LogP contribution in [-0.2, 0) is 4.74 Å². The third kappa shape index (κ3) is 2.52. The summed E-state index contributed by atoms with van der Waals surface area (Å²) in [5.74, 6) is 0. The zero-order valence-electron chi connectivity index (χ0n) is 10.6. The fraction of sp³-hybridized carbons (Fsp3) is 1.00. The van der Waals surface area contributed by atoms with Crippen LogP contribution in [0, 0.1) is 0 Å². The number of nitrogens with two attached hydrogens (primary N) is 1. The highest BCUT2D eigenvalue weighted by molar-refractivity contribution is 5.05. The highest BCUT2D eigenvalue weighted by atomic mass is 16.5. The van der Waals surface area contributed by atoms with Crippen molar-refractivity contribution >= 4 is 0 Å². The Kier molecular flexibility index (Phi) is 4.56. The third-order valence-electron chi connectivity index (χ3n) is 3.63. The van der Waals surface area contributed by atoms with E-state index >= 15 is 0 Å². The molecule has 0 aromatic rings. The lowest BCUT2D eigenvalue weighted by Crippen LogP contribution is -2.65. The number of nitrogens with zero attached hydrogens (tertiary/aromatic N) is 1. The van der Waals surface area contributed by atoms with Crippen molar-refractivity contribution in [1.82, 2.24) is 4.90 Å². The summed E-state index contributed by atoms with van der Waals surface area (Å²) in [6.07, 6.45) is 3.81. The van der Waals surface area contributed by atoms with Crippen molar-refractivity contribution in [2.24, 2.45) is 5.73 Å². The van der Waals surface area contributed by atoms with E-state index in [4.69, 9.17) is 10.5 Å². The molecule has 3 heteroatoms. The molecular formula is C12H26N2O. The second-order valence-corrected chi connectivity index (χ2v) is 4.98. The van der Waals surface area contributed by atoms with E-state index in [2.05, 4.69) is 25.7 Å². The van der Waals surface area contributed by atoms with Gasteiger partial charge < -0.3 is 10.5 Å². The average Bonchev–Trinajstić information content (AvgIpc) is 2.15. The van der Waals surface area contributed by atoms with Gasteiger partial charge in [0.1, 0.15) is 0 Å². The Morgan fingerprint density at radius 1 is 1.47 bits per heavy atom. The van der Waals surface area contributed by atoms with E-state index < -0.39 is 0 Å². The molecule has 0 aromatic heterocycles. The minimum absolute atomic E-state index is 0.213. The highest BCUT2D eigenvalue weighted by Crippen LogP contribution is 2.39. The monoisotopic (exact) mass is 214 g/mol. The Hall–Kier alpha value is -0.120. The van der Waals surface area contributed by atoms with Gasteiger partial charge >= 0.3 is 0 Å². The van der Waals surface area contributed by atoms with Crippen LogP contribution in [0.5, 0.6) is 0 Å². The summed E-state index contributed by atoms with van der Waals surface area (Å²) in [5, 5.41) is 0. The standard InChI is InChI=1S/C12H26N2O/c1-5-6-14(10(2)3)12(9-13)7-11(8-12)15-4/h10-11H,5-9,13H2,1-4H3. The lowest BCUT2D eigenvalue weighted by molar-refractivity contribution is -0.0977. The second kappa shape index (κ2) is 5.28. The molecule has 1 aliphatic carbocycles. The fourth-order valence-electron chi connectivity index (χ4n) is 2.76. The van der Waals surface area contributed by atoms with Gasteiger partial charge in [0.15, 0.2) is 0 Å². The van der Waals surface area contributed by atoms with E-state index in [1.165, 1.54) is 6.42 Å². The summed E-state index contributed by atoms with van der Waals surface area (Å²) in [7, 11) is 1.80. The summed E-state index contributed by atoms with van der Waals surface area (Å²) in [6, 6.07) is 0.575. The van der Waals surface area contributed by atoms with Crippen molar-refractivity contribution < 1.29 is 4.74 Å². The van der Waals surface area contributed by atoms with E-state index in [0.29, 0.717) is 12.1 Å². The topological polar surface area (TPSA) is 38.5 Å². The Bertz CT molecular complexity index is 188. The molecule has 0 aromatic carbocycles. The van der Waals surface area contributed by atoms with Crippen molar-refractivity contribution in [3.8, 4) is 0 Å². The Morgan fingerprint density at radius 2 is 2.07 bits per heavy atom. The maximum Gasteiger partial charge on any atom is 0.0607 e. The van der Waals surface area contributed by atoms with E-state index in [0.717, 1.165) is 25.9 Å². The molecule has 1 saturated carbocycles. The van der Waals surface area contributed by atoms with E-state index in [1.807, 2.05) is 0 Å². The van der Waals surface area contributed by atoms with Gasteiger partial charge in [0.05, 0.1) is 6.10 Å². The molecule has 0 amide bonds. The molecule has 1 aliphatic rings. The zero-order valence-corrected chi connectivity index (χ0v) is 10.6. The Balaban J connectivity index is 2.63. The minimum atomic E-state index is 0.213. The van der Waals surface area contributed by atoms with Gasteiger partial charge in [-0.1, -0.05) is 6.92 Å². The molecule has 2 N–H and O–H groups in total. The van der Waals surface area contributed by atoms with Gasteiger partial charge in [0, 0.05) is 25.2 Å². The molecule has 15 heavy (non-hydrogen) atoms. The molecule has 0 aliphatic heterocycles. The van der Waals surface area contributed by atoms with Gasteiger partial charge in [-0.3, -0.25) is 4.90 Å². The molecule has 1 fully saturated rings. The summed E-state index contributed by atoms with van der Waals surface area (Å²) >= 11 is 0. The minimum Gasteiger partial charge on any atom is -0.381 e. The van der Waals surface area contributed by atoms with Gasteiger partial charge in [-0.2, -0.15) is 0 Å². The van der Waals surface area contributed by atoms with Crippen molar-refractivity contribution in [3.05, 3.63) is 0 Å². The molecule has 1 rings (SSSR count). The average molecular weight is 214 g/mol.